The van der Waals surface area contributed by atoms with Crippen molar-refractivity contribution in [2.75, 3.05) is 24.5 Å². The summed E-state index contributed by atoms with van der Waals surface area (Å²) in [5.74, 6) is 0.365. The molecular formula is C21H28F2N2O3. The van der Waals surface area contributed by atoms with Crippen molar-refractivity contribution in [2.24, 2.45) is 5.41 Å². The molecule has 28 heavy (non-hydrogen) atoms. The first-order valence-corrected chi connectivity index (χ1v) is 10.3. The van der Waals surface area contributed by atoms with Crippen LogP contribution in [0.3, 0.4) is 0 Å². The minimum absolute atomic E-state index is 0.165. The Labute approximate surface area is 164 Å². The lowest BCUT2D eigenvalue weighted by atomic mass is 9.78. The number of hydrogen-bond acceptors (Lipinski definition) is 4. The Hall–Kier alpha value is -1.89. The first-order chi connectivity index (χ1) is 13.5. The second kappa shape index (κ2) is 7.85. The van der Waals surface area contributed by atoms with E-state index in [9.17, 15) is 18.7 Å². The van der Waals surface area contributed by atoms with Crippen molar-refractivity contribution >= 4 is 11.6 Å². The molecule has 0 aromatic heterocycles. The molecular weight excluding hydrogens is 366 g/mol. The number of hydrogen-bond donors (Lipinski definition) is 1. The van der Waals surface area contributed by atoms with E-state index in [1.807, 2.05) is 15.9 Å². The summed E-state index contributed by atoms with van der Waals surface area (Å²) in [6.07, 6.45) is 5.49. The highest BCUT2D eigenvalue weighted by molar-refractivity contribution is 5.86. The molecule has 1 atom stereocenters. The molecule has 2 heterocycles. The Balaban J connectivity index is 1.50. The number of amides is 1. The molecule has 1 aromatic rings. The highest BCUT2D eigenvalue weighted by Gasteiger charge is 2.50. The van der Waals surface area contributed by atoms with Gasteiger partial charge in [-0.25, -0.2) is 0 Å². The quantitative estimate of drug-likeness (QED) is 0.850. The van der Waals surface area contributed by atoms with Crippen molar-refractivity contribution in [2.45, 2.75) is 63.7 Å². The molecule has 1 aliphatic carbocycles. The van der Waals surface area contributed by atoms with E-state index in [4.69, 9.17) is 4.74 Å². The van der Waals surface area contributed by atoms with Crippen molar-refractivity contribution in [3.05, 3.63) is 24.3 Å². The van der Waals surface area contributed by atoms with Gasteiger partial charge in [0, 0.05) is 25.7 Å². The molecule has 1 amide bonds. The predicted octanol–water partition coefficient (Wildman–Crippen LogP) is 3.41. The molecule has 5 nitrogen and oxygen atoms in total. The summed E-state index contributed by atoms with van der Waals surface area (Å²) in [4.78, 5) is 17.4. The van der Waals surface area contributed by atoms with Crippen LogP contribution in [0, 0.1) is 5.41 Å². The minimum atomic E-state index is -2.87. The third-order valence-electron chi connectivity index (χ3n) is 6.65. The van der Waals surface area contributed by atoms with Crippen LogP contribution >= 0.6 is 0 Å². The second-order valence-corrected chi connectivity index (χ2v) is 8.36. The molecule has 3 aliphatic rings. The maximum atomic E-state index is 13.4. The van der Waals surface area contributed by atoms with Gasteiger partial charge in [-0.3, -0.25) is 4.79 Å². The number of carbonyl (C=O) groups is 1. The third kappa shape index (κ3) is 3.69. The fraction of sp³-hybridized carbons (Fsp3) is 0.667. The van der Waals surface area contributed by atoms with Crippen LogP contribution in [0.15, 0.2) is 24.3 Å². The van der Waals surface area contributed by atoms with E-state index >= 15 is 0 Å². The summed E-state index contributed by atoms with van der Waals surface area (Å²) in [7, 11) is 0. The van der Waals surface area contributed by atoms with E-state index in [0.29, 0.717) is 12.2 Å². The van der Waals surface area contributed by atoms with E-state index in [1.165, 1.54) is 0 Å². The van der Waals surface area contributed by atoms with Crippen LogP contribution in [0.5, 0.6) is 5.75 Å². The van der Waals surface area contributed by atoms with Gasteiger partial charge in [-0.1, -0.05) is 12.1 Å². The zero-order chi connectivity index (χ0) is 19.7. The number of anilines is 1. The molecule has 1 aromatic carbocycles. The Morgan fingerprint density at radius 2 is 1.86 bits per heavy atom. The zero-order valence-electron chi connectivity index (χ0n) is 16.0. The minimum Gasteiger partial charge on any atom is -0.433 e. The molecule has 1 unspecified atom stereocenters. The lowest BCUT2D eigenvalue weighted by Crippen LogP contribution is -2.50. The standard InChI is InChI=1S/C21H28F2N2O3/c22-20(23)28-18-5-2-1-4-17(18)24-12-3-10-21(14-24)11-13-25(19(21)27)15-6-8-16(26)9-7-15/h1-2,4-5,15-16,20,26H,3,6-14H2/t15-,16-,21?. The topological polar surface area (TPSA) is 53.0 Å². The highest BCUT2D eigenvalue weighted by atomic mass is 19.3. The predicted molar refractivity (Wildman–Crippen MR) is 102 cm³/mol. The number of rotatable bonds is 4. The summed E-state index contributed by atoms with van der Waals surface area (Å²) in [5.41, 5.74) is 0.195. The molecule has 2 saturated heterocycles. The second-order valence-electron chi connectivity index (χ2n) is 8.36. The van der Waals surface area contributed by atoms with Crippen molar-refractivity contribution in [3.63, 3.8) is 0 Å². The number of carbonyl (C=O) groups excluding carboxylic acids is 1. The van der Waals surface area contributed by atoms with Crippen LogP contribution in [0.2, 0.25) is 0 Å². The van der Waals surface area contributed by atoms with Crippen molar-refractivity contribution in [1.29, 1.82) is 0 Å². The van der Waals surface area contributed by atoms with Gasteiger partial charge in [0.05, 0.1) is 17.2 Å². The van der Waals surface area contributed by atoms with Gasteiger partial charge in [0.1, 0.15) is 5.75 Å². The number of piperidine rings is 1. The Bertz CT molecular complexity index is 709. The fourth-order valence-corrected chi connectivity index (χ4v) is 5.20. The van der Waals surface area contributed by atoms with Gasteiger partial charge >= 0.3 is 6.61 Å². The Kier molecular flexibility index (Phi) is 5.45. The van der Waals surface area contributed by atoms with Gasteiger partial charge in [0.2, 0.25) is 5.91 Å². The smallest absolute Gasteiger partial charge is 0.387 e. The molecule has 7 heteroatoms. The Morgan fingerprint density at radius 3 is 2.61 bits per heavy atom. The number of para-hydroxylation sites is 2. The SMILES string of the molecule is O=C1N([C@H]2CC[C@H](O)CC2)CCC12CCCN(c1ccccc1OC(F)F)C2. The molecule has 0 bridgehead atoms. The maximum absolute atomic E-state index is 13.4. The molecule has 0 radical (unpaired) electrons. The first-order valence-electron chi connectivity index (χ1n) is 10.3. The number of benzene rings is 1. The molecule has 4 rings (SSSR count). The summed E-state index contributed by atoms with van der Waals surface area (Å²) >= 11 is 0. The molecule has 154 valence electrons. The lowest BCUT2D eigenvalue weighted by Gasteiger charge is -2.41. The number of ether oxygens (including phenoxy) is 1. The van der Waals surface area contributed by atoms with Crippen LogP contribution in [-0.4, -0.2) is 54.3 Å². The van der Waals surface area contributed by atoms with E-state index in [-0.39, 0.29) is 23.8 Å². The molecule has 3 fully saturated rings. The van der Waals surface area contributed by atoms with Crippen LogP contribution < -0.4 is 9.64 Å². The molecule has 1 N–H and O–H groups in total. The number of nitrogens with zero attached hydrogens (tertiary/aromatic N) is 2. The average molecular weight is 394 g/mol. The average Bonchev–Trinajstić information content (AvgIpc) is 2.98. The van der Waals surface area contributed by atoms with Crippen molar-refractivity contribution < 1.29 is 23.4 Å². The van der Waals surface area contributed by atoms with E-state index in [2.05, 4.69) is 0 Å². The number of aliphatic hydroxyl groups excluding tert-OH is 1. The van der Waals surface area contributed by atoms with E-state index in [1.54, 1.807) is 18.2 Å². The van der Waals surface area contributed by atoms with Gasteiger partial charge in [0.15, 0.2) is 0 Å². The number of aliphatic hydroxyl groups is 1. The van der Waals surface area contributed by atoms with E-state index < -0.39 is 12.0 Å². The molecule has 1 spiro atoms. The highest BCUT2D eigenvalue weighted by Crippen LogP contribution is 2.44. The van der Waals surface area contributed by atoms with Gasteiger partial charge in [-0.2, -0.15) is 8.78 Å². The van der Waals surface area contributed by atoms with E-state index in [0.717, 1.165) is 58.0 Å². The zero-order valence-corrected chi connectivity index (χ0v) is 16.0. The maximum Gasteiger partial charge on any atom is 0.387 e. The van der Waals surface area contributed by atoms with Gasteiger partial charge < -0.3 is 19.6 Å². The van der Waals surface area contributed by atoms with Crippen LogP contribution in [0.25, 0.3) is 0 Å². The van der Waals surface area contributed by atoms with Crippen molar-refractivity contribution in [3.8, 4) is 5.75 Å². The summed E-state index contributed by atoms with van der Waals surface area (Å²) in [6.45, 7) is -0.844. The lowest BCUT2D eigenvalue weighted by molar-refractivity contribution is -0.139. The van der Waals surface area contributed by atoms with Crippen LogP contribution in [0.4, 0.5) is 14.5 Å². The van der Waals surface area contributed by atoms with Gasteiger partial charge in [-0.15, -0.1) is 0 Å². The largest absolute Gasteiger partial charge is 0.433 e. The summed E-state index contributed by atoms with van der Waals surface area (Å²) < 4.78 is 30.3. The molecule has 2 aliphatic heterocycles. The number of likely N-dealkylation sites (tertiary alicyclic amines) is 1. The number of alkyl halides is 2. The summed E-state index contributed by atoms with van der Waals surface area (Å²) in [6, 6.07) is 7.06. The van der Waals surface area contributed by atoms with Crippen molar-refractivity contribution in [1.82, 2.24) is 4.90 Å². The van der Waals surface area contributed by atoms with Gasteiger partial charge in [-0.05, 0) is 57.1 Å². The molecule has 1 saturated carbocycles. The number of halogens is 2. The fourth-order valence-electron chi connectivity index (χ4n) is 5.20. The summed E-state index contributed by atoms with van der Waals surface area (Å²) in [5, 5.41) is 9.75. The third-order valence-corrected chi connectivity index (χ3v) is 6.65. The normalized spacial score (nSPS) is 31.1. The van der Waals surface area contributed by atoms with Gasteiger partial charge in [0.25, 0.3) is 0 Å². The monoisotopic (exact) mass is 394 g/mol. The van der Waals surface area contributed by atoms with Crippen LogP contribution in [0.1, 0.15) is 44.9 Å². The van der Waals surface area contributed by atoms with Crippen LogP contribution in [-0.2, 0) is 4.79 Å². The first kappa shape index (κ1) is 19.4. The Morgan fingerprint density at radius 1 is 1.11 bits per heavy atom.